The number of rotatable bonds is 5. The Labute approximate surface area is 252 Å². The largest absolute Gasteiger partial charge is 0.507 e. The smallest absolute Gasteiger partial charge is 0.231 e. The second-order valence-corrected chi connectivity index (χ2v) is 25.0. The number of fused-ring (bicyclic) bond motifs is 1. The molecule has 0 atom stereocenters. The molecule has 2 heterocycles. The van der Waals surface area contributed by atoms with E-state index in [9.17, 15) is 5.11 Å². The van der Waals surface area contributed by atoms with Gasteiger partial charge in [0, 0.05) is 17.3 Å². The molecular formula is C36H44N2O2Si2. The average molecular weight is 593 g/mol. The number of hydrogen-bond acceptors (Lipinski definition) is 4. The van der Waals surface area contributed by atoms with Gasteiger partial charge in [0.05, 0.1) is 27.4 Å². The van der Waals surface area contributed by atoms with E-state index in [-0.39, 0.29) is 11.2 Å². The van der Waals surface area contributed by atoms with Gasteiger partial charge in [0.1, 0.15) is 11.3 Å². The van der Waals surface area contributed by atoms with Crippen molar-refractivity contribution in [1.29, 1.82) is 0 Å². The summed E-state index contributed by atoms with van der Waals surface area (Å²) in [7, 11) is -3.23. The van der Waals surface area contributed by atoms with Crippen LogP contribution in [0.1, 0.15) is 37.5 Å². The lowest BCUT2D eigenvalue weighted by atomic mass is 9.83. The molecule has 42 heavy (non-hydrogen) atoms. The highest BCUT2D eigenvalue weighted by Gasteiger charge is 2.25. The van der Waals surface area contributed by atoms with Gasteiger partial charge >= 0.3 is 0 Å². The third-order valence-electron chi connectivity index (χ3n) is 8.07. The van der Waals surface area contributed by atoms with E-state index in [2.05, 4.69) is 103 Å². The lowest BCUT2D eigenvalue weighted by Crippen LogP contribution is -2.37. The van der Waals surface area contributed by atoms with Gasteiger partial charge in [0.2, 0.25) is 5.89 Å². The number of oxazole rings is 1. The maximum Gasteiger partial charge on any atom is 0.231 e. The SMILES string of the molecule is Cc1cc(C)c(O)c(-c2nc3c(-c4cc(-c5cc([Si](C)(C)C)ccn5)cc(C(C)(C)C)c4)cc([Si](C)(C)C)cc3o2)c1. The number of aromatic hydroxyl groups is 1. The van der Waals surface area contributed by atoms with Gasteiger partial charge < -0.3 is 9.52 Å². The van der Waals surface area contributed by atoms with Crippen molar-refractivity contribution < 1.29 is 9.52 Å². The predicted molar refractivity (Wildman–Crippen MR) is 184 cm³/mol. The second kappa shape index (κ2) is 10.4. The number of nitrogens with zero attached hydrogens (tertiary/aromatic N) is 2. The lowest BCUT2D eigenvalue weighted by molar-refractivity contribution is 0.470. The molecule has 0 saturated heterocycles. The highest BCUT2D eigenvalue weighted by Crippen LogP contribution is 2.39. The van der Waals surface area contributed by atoms with Gasteiger partial charge in [0.25, 0.3) is 0 Å². The minimum atomic E-state index is -1.71. The minimum absolute atomic E-state index is 0.0590. The molecule has 0 aliphatic heterocycles. The summed E-state index contributed by atoms with van der Waals surface area (Å²) in [5, 5.41) is 13.6. The Bertz CT molecular complexity index is 1820. The fourth-order valence-corrected chi connectivity index (χ4v) is 7.63. The molecule has 6 heteroatoms. The summed E-state index contributed by atoms with van der Waals surface area (Å²) in [4.78, 5) is 9.88. The van der Waals surface area contributed by atoms with Crippen molar-refractivity contribution in [3.05, 3.63) is 77.5 Å². The van der Waals surface area contributed by atoms with Gasteiger partial charge in [-0.1, -0.05) is 88.6 Å². The van der Waals surface area contributed by atoms with Crippen LogP contribution in [0.4, 0.5) is 0 Å². The molecule has 1 N–H and O–H groups in total. The molecule has 0 saturated carbocycles. The number of aromatic nitrogens is 2. The van der Waals surface area contributed by atoms with Gasteiger partial charge in [-0.3, -0.25) is 4.98 Å². The molecule has 0 radical (unpaired) electrons. The first-order valence-corrected chi connectivity index (χ1v) is 21.8. The monoisotopic (exact) mass is 592 g/mol. The van der Waals surface area contributed by atoms with E-state index >= 15 is 0 Å². The van der Waals surface area contributed by atoms with Crippen molar-refractivity contribution >= 4 is 37.6 Å². The van der Waals surface area contributed by atoms with Crippen LogP contribution in [0.15, 0.2) is 65.2 Å². The second-order valence-electron chi connectivity index (χ2n) is 14.8. The molecule has 0 aliphatic carbocycles. The average Bonchev–Trinajstić information content (AvgIpc) is 3.32. The summed E-state index contributed by atoms with van der Waals surface area (Å²) >= 11 is 0. The number of phenolic OH excluding ortho intramolecular Hbond substituents is 1. The summed E-state index contributed by atoms with van der Waals surface area (Å²) < 4.78 is 6.45. The highest BCUT2D eigenvalue weighted by atomic mass is 28.3. The van der Waals surface area contributed by atoms with Crippen molar-refractivity contribution in [2.45, 2.75) is 79.3 Å². The minimum Gasteiger partial charge on any atom is -0.507 e. The molecule has 0 unspecified atom stereocenters. The number of hydrogen-bond donors (Lipinski definition) is 1. The highest BCUT2D eigenvalue weighted by molar-refractivity contribution is 6.89. The Hall–Kier alpha value is -3.49. The van der Waals surface area contributed by atoms with Crippen molar-refractivity contribution in [3.8, 4) is 39.6 Å². The fourth-order valence-electron chi connectivity index (χ4n) is 5.34. The van der Waals surface area contributed by atoms with Crippen molar-refractivity contribution in [2.75, 3.05) is 0 Å². The zero-order valence-corrected chi connectivity index (χ0v) is 29.0. The predicted octanol–water partition coefficient (Wildman–Crippen LogP) is 8.93. The van der Waals surface area contributed by atoms with Crippen molar-refractivity contribution in [2.24, 2.45) is 0 Å². The Kier molecular flexibility index (Phi) is 7.39. The molecule has 5 aromatic rings. The first-order chi connectivity index (χ1) is 19.4. The Balaban J connectivity index is 1.81. The standard InChI is InChI=1S/C36H44N2O2Si2/c1-22-14-23(2)34(39)30(15-22)35-38-33-29(19-28(42(9,10)11)21-32(33)40-35)24-16-25(18-26(17-24)36(3,4)5)31-20-27(12-13-37-31)41(6,7)8/h12-21,39H,1-11H3. The van der Waals surface area contributed by atoms with Crippen LogP contribution in [0, 0.1) is 13.8 Å². The molecule has 2 aromatic heterocycles. The molecule has 218 valence electrons. The molecule has 0 aliphatic rings. The number of pyridine rings is 1. The summed E-state index contributed by atoms with van der Waals surface area (Å²) in [6, 6.07) is 19.7. The maximum absolute atomic E-state index is 10.9. The first kappa shape index (κ1) is 30.0. The van der Waals surface area contributed by atoms with Crippen LogP contribution < -0.4 is 10.4 Å². The molecule has 3 aromatic carbocycles. The maximum atomic E-state index is 10.9. The molecule has 5 rings (SSSR count). The van der Waals surface area contributed by atoms with Crippen LogP contribution in [-0.4, -0.2) is 31.2 Å². The third-order valence-corrected chi connectivity index (χ3v) is 12.1. The number of phenols is 1. The van der Waals surface area contributed by atoms with Gasteiger partial charge in [0.15, 0.2) is 5.58 Å². The van der Waals surface area contributed by atoms with E-state index in [1.54, 1.807) is 0 Å². The zero-order valence-electron chi connectivity index (χ0n) is 27.0. The fraction of sp³-hybridized carbons (Fsp3) is 0.333. The van der Waals surface area contributed by atoms with Crippen LogP contribution in [0.2, 0.25) is 39.3 Å². The van der Waals surface area contributed by atoms with E-state index in [0.717, 1.165) is 44.6 Å². The summed E-state index contributed by atoms with van der Waals surface area (Å²) in [5.74, 6) is 0.657. The van der Waals surface area contributed by atoms with Gasteiger partial charge in [-0.15, -0.1) is 0 Å². The van der Waals surface area contributed by atoms with Crippen LogP contribution >= 0.6 is 0 Å². The van der Waals surface area contributed by atoms with E-state index in [0.29, 0.717) is 11.5 Å². The quantitative estimate of drug-likeness (QED) is 0.207. The Morgan fingerprint density at radius 3 is 2.05 bits per heavy atom. The van der Waals surface area contributed by atoms with Crippen LogP contribution in [0.25, 0.3) is 44.9 Å². The topological polar surface area (TPSA) is 59.2 Å². The first-order valence-electron chi connectivity index (χ1n) is 14.8. The number of aryl methyl sites for hydroxylation is 2. The van der Waals surface area contributed by atoms with E-state index in [1.165, 1.54) is 15.9 Å². The molecule has 0 spiro atoms. The third kappa shape index (κ3) is 5.88. The molecule has 0 bridgehead atoms. The van der Waals surface area contributed by atoms with Gasteiger partial charge in [-0.25, -0.2) is 4.98 Å². The molecule has 0 fully saturated rings. The van der Waals surface area contributed by atoms with E-state index < -0.39 is 16.1 Å². The van der Waals surface area contributed by atoms with Crippen LogP contribution in [0.5, 0.6) is 5.75 Å². The van der Waals surface area contributed by atoms with E-state index in [1.807, 2.05) is 32.2 Å². The van der Waals surface area contributed by atoms with Crippen molar-refractivity contribution in [1.82, 2.24) is 9.97 Å². The summed E-state index contributed by atoms with van der Waals surface area (Å²) in [5.41, 5.74) is 9.51. The zero-order chi connectivity index (χ0) is 30.8. The molecule has 0 amide bonds. The molecular weight excluding hydrogens is 549 g/mol. The summed E-state index contributed by atoms with van der Waals surface area (Å²) in [6.45, 7) is 24.9. The van der Waals surface area contributed by atoms with Crippen LogP contribution in [0.3, 0.4) is 0 Å². The van der Waals surface area contributed by atoms with Crippen LogP contribution in [-0.2, 0) is 5.41 Å². The van der Waals surface area contributed by atoms with Gasteiger partial charge in [-0.2, -0.15) is 0 Å². The number of benzene rings is 3. The Morgan fingerprint density at radius 1 is 0.738 bits per heavy atom. The van der Waals surface area contributed by atoms with Gasteiger partial charge in [-0.05, 0) is 77.9 Å². The van der Waals surface area contributed by atoms with E-state index in [4.69, 9.17) is 14.4 Å². The van der Waals surface area contributed by atoms with Crippen molar-refractivity contribution in [3.63, 3.8) is 0 Å². The Morgan fingerprint density at radius 2 is 1.40 bits per heavy atom. The molecule has 4 nitrogen and oxygen atoms in total. The lowest BCUT2D eigenvalue weighted by Gasteiger charge is -2.23. The normalized spacial score (nSPS) is 12.7. The summed E-state index contributed by atoms with van der Waals surface area (Å²) in [6.07, 6.45) is 1.95.